The molecular formula is C8H15N3. The van der Waals surface area contributed by atoms with Crippen LogP contribution in [0.5, 0.6) is 0 Å². The number of nitrogens with one attached hydrogen (secondary N) is 3. The van der Waals surface area contributed by atoms with Crippen LogP contribution in [0.2, 0.25) is 0 Å². The summed E-state index contributed by atoms with van der Waals surface area (Å²) in [7, 11) is 0. The van der Waals surface area contributed by atoms with Gasteiger partial charge in [0.05, 0.1) is 0 Å². The van der Waals surface area contributed by atoms with E-state index in [4.69, 9.17) is 0 Å². The first-order valence-electron chi connectivity index (χ1n) is 4.21. The summed E-state index contributed by atoms with van der Waals surface area (Å²) in [6.45, 7) is 1.01. The first-order chi connectivity index (χ1) is 5.50. The normalized spacial score (nSPS) is 20.4. The topological polar surface area (TPSA) is 36.1 Å². The summed E-state index contributed by atoms with van der Waals surface area (Å²) in [5, 5.41) is 0. The molecule has 0 radical (unpaired) electrons. The van der Waals surface area contributed by atoms with Crippen molar-refractivity contribution in [1.82, 2.24) is 16.4 Å². The third-order valence-corrected chi connectivity index (χ3v) is 1.66. The van der Waals surface area contributed by atoms with Crippen molar-refractivity contribution in [2.75, 3.05) is 6.54 Å². The fourth-order valence-electron chi connectivity index (χ4n) is 1.02. The van der Waals surface area contributed by atoms with Crippen molar-refractivity contribution >= 4 is 0 Å². The molecule has 0 atom stereocenters. The Morgan fingerprint density at radius 1 is 1.00 bits per heavy atom. The minimum atomic E-state index is 1.01. The van der Waals surface area contributed by atoms with E-state index < -0.39 is 0 Å². The molecule has 1 rings (SSSR count). The minimum Gasteiger partial charge on any atom is -0.267 e. The summed E-state index contributed by atoms with van der Waals surface area (Å²) < 4.78 is 0. The van der Waals surface area contributed by atoms with Crippen LogP contribution in [0.25, 0.3) is 0 Å². The molecule has 0 aromatic heterocycles. The Morgan fingerprint density at radius 3 is 2.91 bits per heavy atom. The maximum absolute atomic E-state index is 3.02. The second-order valence-corrected chi connectivity index (χ2v) is 2.64. The van der Waals surface area contributed by atoms with Crippen LogP contribution >= 0.6 is 0 Å². The summed E-state index contributed by atoms with van der Waals surface area (Å²) >= 11 is 0. The van der Waals surface area contributed by atoms with E-state index in [0.717, 1.165) is 13.0 Å². The van der Waals surface area contributed by atoms with Crippen LogP contribution in [-0.2, 0) is 0 Å². The van der Waals surface area contributed by atoms with E-state index in [1.807, 2.05) is 0 Å². The lowest BCUT2D eigenvalue weighted by Gasteiger charge is -2.02. The lowest BCUT2D eigenvalue weighted by atomic mass is 10.1. The van der Waals surface area contributed by atoms with Crippen molar-refractivity contribution in [3.63, 3.8) is 0 Å². The Balaban J connectivity index is 2.15. The zero-order valence-corrected chi connectivity index (χ0v) is 6.74. The predicted molar refractivity (Wildman–Crippen MR) is 45.1 cm³/mol. The maximum Gasteiger partial charge on any atom is 0.0213 e. The molecule has 1 aliphatic rings. The average Bonchev–Trinajstić information content (AvgIpc) is 2.08. The fourth-order valence-corrected chi connectivity index (χ4v) is 1.02. The van der Waals surface area contributed by atoms with Crippen LogP contribution in [0.3, 0.4) is 0 Å². The summed E-state index contributed by atoms with van der Waals surface area (Å²) in [4.78, 5) is 0. The van der Waals surface area contributed by atoms with Crippen molar-refractivity contribution in [2.24, 2.45) is 0 Å². The Kier molecular flexibility index (Phi) is 4.58. The van der Waals surface area contributed by atoms with E-state index in [0.29, 0.717) is 0 Å². The molecule has 0 saturated heterocycles. The highest BCUT2D eigenvalue weighted by Gasteiger charge is 1.89. The lowest BCUT2D eigenvalue weighted by Crippen LogP contribution is -2.40. The quantitative estimate of drug-likeness (QED) is 0.444. The summed E-state index contributed by atoms with van der Waals surface area (Å²) in [5.74, 6) is 3.02. The molecule has 0 amide bonds. The van der Waals surface area contributed by atoms with Gasteiger partial charge in [0.15, 0.2) is 0 Å². The standard InChI is InChI=1S/C8H15N3/c1-2-4-6-8-10-11-9-7-5-3-1/h9-11H,1-5,7H2. The summed E-state index contributed by atoms with van der Waals surface area (Å²) in [6.07, 6.45) is 6.07. The molecule has 1 aliphatic heterocycles. The van der Waals surface area contributed by atoms with Gasteiger partial charge in [0.2, 0.25) is 0 Å². The molecular weight excluding hydrogens is 138 g/mol. The molecule has 0 aromatic carbocycles. The van der Waals surface area contributed by atoms with Gasteiger partial charge in [-0.3, -0.25) is 5.43 Å². The van der Waals surface area contributed by atoms with Crippen molar-refractivity contribution < 1.29 is 0 Å². The first kappa shape index (κ1) is 8.38. The second kappa shape index (κ2) is 6.02. The van der Waals surface area contributed by atoms with Gasteiger partial charge in [0.25, 0.3) is 0 Å². The zero-order valence-electron chi connectivity index (χ0n) is 6.74. The average molecular weight is 153 g/mol. The van der Waals surface area contributed by atoms with Crippen molar-refractivity contribution in [3.05, 3.63) is 0 Å². The second-order valence-electron chi connectivity index (χ2n) is 2.64. The van der Waals surface area contributed by atoms with E-state index in [2.05, 4.69) is 28.4 Å². The third-order valence-electron chi connectivity index (χ3n) is 1.66. The van der Waals surface area contributed by atoms with Crippen LogP contribution in [0.4, 0.5) is 0 Å². The van der Waals surface area contributed by atoms with Crippen LogP contribution < -0.4 is 16.4 Å². The Bertz CT molecular complexity index is 131. The molecule has 11 heavy (non-hydrogen) atoms. The minimum absolute atomic E-state index is 1.01. The van der Waals surface area contributed by atoms with Crippen LogP contribution in [0, 0.1) is 12.0 Å². The van der Waals surface area contributed by atoms with Gasteiger partial charge in [-0.25, -0.2) is 5.43 Å². The molecule has 62 valence electrons. The Morgan fingerprint density at radius 2 is 1.91 bits per heavy atom. The highest BCUT2D eigenvalue weighted by atomic mass is 15.6. The lowest BCUT2D eigenvalue weighted by molar-refractivity contribution is 0.479. The Labute approximate surface area is 67.9 Å². The zero-order chi connectivity index (χ0) is 7.78. The number of rotatable bonds is 0. The molecule has 0 spiro atoms. The maximum atomic E-state index is 3.02. The highest BCUT2D eigenvalue weighted by molar-refractivity contribution is 4.95. The van der Waals surface area contributed by atoms with Gasteiger partial charge in [-0.2, -0.15) is 5.53 Å². The summed E-state index contributed by atoms with van der Waals surface area (Å²) in [5.41, 5.74) is 8.59. The monoisotopic (exact) mass is 153 g/mol. The first-order valence-corrected chi connectivity index (χ1v) is 4.21. The van der Waals surface area contributed by atoms with E-state index >= 15 is 0 Å². The molecule has 0 aliphatic carbocycles. The number of hydrogen-bond acceptors (Lipinski definition) is 3. The van der Waals surface area contributed by atoms with Crippen molar-refractivity contribution in [1.29, 1.82) is 0 Å². The van der Waals surface area contributed by atoms with E-state index in [1.54, 1.807) is 0 Å². The molecule has 3 heteroatoms. The fraction of sp³-hybridized carbons (Fsp3) is 0.750. The van der Waals surface area contributed by atoms with E-state index in [9.17, 15) is 0 Å². The van der Waals surface area contributed by atoms with Gasteiger partial charge in [-0.05, 0) is 12.8 Å². The van der Waals surface area contributed by atoms with E-state index in [1.165, 1.54) is 25.7 Å². The van der Waals surface area contributed by atoms with Gasteiger partial charge < -0.3 is 0 Å². The molecule has 1 heterocycles. The molecule has 3 nitrogen and oxygen atoms in total. The molecule has 0 aromatic rings. The van der Waals surface area contributed by atoms with Gasteiger partial charge in [0, 0.05) is 19.0 Å². The van der Waals surface area contributed by atoms with Gasteiger partial charge >= 0.3 is 0 Å². The smallest absolute Gasteiger partial charge is 0.0213 e. The van der Waals surface area contributed by atoms with Gasteiger partial charge in [-0.1, -0.05) is 18.8 Å². The molecule has 0 saturated carbocycles. The number of hydrazine groups is 2. The molecule has 3 N–H and O–H groups in total. The van der Waals surface area contributed by atoms with E-state index in [-0.39, 0.29) is 0 Å². The van der Waals surface area contributed by atoms with Gasteiger partial charge in [0.1, 0.15) is 0 Å². The van der Waals surface area contributed by atoms with Crippen molar-refractivity contribution in [3.8, 4) is 12.0 Å². The third kappa shape index (κ3) is 4.65. The molecule has 0 bridgehead atoms. The SMILES string of the molecule is C1#CNNNCCCCCC1. The van der Waals surface area contributed by atoms with Crippen molar-refractivity contribution in [2.45, 2.75) is 32.1 Å². The largest absolute Gasteiger partial charge is 0.267 e. The van der Waals surface area contributed by atoms with Crippen LogP contribution in [0.1, 0.15) is 32.1 Å². The molecule has 0 fully saturated rings. The number of hydrogen-bond donors (Lipinski definition) is 3. The predicted octanol–water partition coefficient (Wildman–Crippen LogP) is 0.510. The highest BCUT2D eigenvalue weighted by Crippen LogP contribution is 2.01. The Hall–Kier alpha value is -0.720. The van der Waals surface area contributed by atoms with Gasteiger partial charge in [-0.15, -0.1) is 0 Å². The summed E-state index contributed by atoms with van der Waals surface area (Å²) in [6, 6.07) is 2.81. The van der Waals surface area contributed by atoms with Crippen LogP contribution in [-0.4, -0.2) is 6.54 Å². The van der Waals surface area contributed by atoms with Crippen LogP contribution in [0.15, 0.2) is 0 Å². The molecule has 0 unspecified atom stereocenters.